The van der Waals surface area contributed by atoms with E-state index >= 15 is 0 Å². The Labute approximate surface area is 175 Å². The summed E-state index contributed by atoms with van der Waals surface area (Å²) in [7, 11) is 0. The van der Waals surface area contributed by atoms with Crippen LogP contribution in [-0.2, 0) is 13.1 Å². The van der Waals surface area contributed by atoms with Crippen molar-refractivity contribution in [3.63, 3.8) is 0 Å². The largest absolute Gasteiger partial charge is 0.467 e. The lowest BCUT2D eigenvalue weighted by molar-refractivity contribution is 0.0938. The number of amides is 1. The monoisotopic (exact) mass is 420 g/mol. The Hall–Kier alpha value is -4.27. The molecule has 0 saturated heterocycles. The average Bonchev–Trinajstić information content (AvgIpc) is 3.30. The van der Waals surface area contributed by atoms with Gasteiger partial charge in [0.05, 0.1) is 25.0 Å². The van der Waals surface area contributed by atoms with E-state index in [0.29, 0.717) is 11.3 Å². The minimum absolute atomic E-state index is 0.0430. The molecule has 2 heterocycles. The quantitative estimate of drug-likeness (QED) is 0.515. The second-order valence-electron chi connectivity index (χ2n) is 6.66. The van der Waals surface area contributed by atoms with E-state index < -0.39 is 28.7 Å². The first-order valence-corrected chi connectivity index (χ1v) is 9.37. The highest BCUT2D eigenvalue weighted by molar-refractivity contribution is 5.91. The van der Waals surface area contributed by atoms with Gasteiger partial charge in [0.15, 0.2) is 0 Å². The van der Waals surface area contributed by atoms with Crippen LogP contribution in [0.1, 0.15) is 21.8 Å². The van der Waals surface area contributed by atoms with E-state index in [2.05, 4.69) is 10.4 Å². The fraction of sp³-hybridized carbons (Fsp3) is 0.0909. The van der Waals surface area contributed by atoms with Crippen LogP contribution in [0.3, 0.4) is 0 Å². The van der Waals surface area contributed by atoms with Crippen molar-refractivity contribution in [1.82, 2.24) is 19.7 Å². The zero-order valence-electron chi connectivity index (χ0n) is 16.2. The van der Waals surface area contributed by atoms with Crippen LogP contribution >= 0.6 is 0 Å². The van der Waals surface area contributed by atoms with Gasteiger partial charge in [-0.1, -0.05) is 30.3 Å². The van der Waals surface area contributed by atoms with Crippen molar-refractivity contribution < 1.29 is 13.6 Å². The summed E-state index contributed by atoms with van der Waals surface area (Å²) in [6, 6.07) is 17.2. The van der Waals surface area contributed by atoms with Crippen LogP contribution in [-0.4, -0.2) is 20.3 Å². The molecular weight excluding hydrogens is 403 g/mol. The lowest BCUT2D eigenvalue weighted by atomic mass is 10.2. The van der Waals surface area contributed by atoms with E-state index in [1.54, 1.807) is 36.4 Å². The first-order chi connectivity index (χ1) is 15.0. The van der Waals surface area contributed by atoms with Crippen molar-refractivity contribution in [2.75, 3.05) is 0 Å². The number of nitrogens with one attached hydrogen (secondary N) is 1. The molecule has 0 aliphatic carbocycles. The Bertz CT molecular complexity index is 1310. The highest BCUT2D eigenvalue weighted by atomic mass is 19.1. The topological polar surface area (TPSA) is 99.1 Å². The van der Waals surface area contributed by atoms with Gasteiger partial charge in [-0.15, -0.1) is 0 Å². The van der Waals surface area contributed by atoms with Gasteiger partial charge in [-0.2, -0.15) is 9.78 Å². The molecule has 31 heavy (non-hydrogen) atoms. The summed E-state index contributed by atoms with van der Waals surface area (Å²) in [6.07, 6.45) is 1.46. The Morgan fingerprint density at radius 3 is 2.42 bits per heavy atom. The standard InChI is InChI=1S/C22H17FN4O4/c23-16-8-10-17(11-9-16)27-22(30)26(14-15-5-2-1-3-6-15)21(29)19(25-27)20(28)24-13-18-7-4-12-31-18/h1-12H,13-14H2,(H,24,28). The first-order valence-electron chi connectivity index (χ1n) is 9.37. The van der Waals surface area contributed by atoms with Crippen molar-refractivity contribution >= 4 is 5.91 Å². The molecule has 2 aromatic heterocycles. The van der Waals surface area contributed by atoms with Crippen LogP contribution in [0.5, 0.6) is 0 Å². The van der Waals surface area contributed by atoms with E-state index in [0.717, 1.165) is 21.4 Å². The van der Waals surface area contributed by atoms with Gasteiger partial charge in [-0.25, -0.2) is 9.18 Å². The molecule has 0 fully saturated rings. The van der Waals surface area contributed by atoms with Crippen LogP contribution in [0.25, 0.3) is 5.69 Å². The lowest BCUT2D eigenvalue weighted by Crippen LogP contribution is -2.46. The summed E-state index contributed by atoms with van der Waals surface area (Å²) < 4.78 is 20.3. The molecule has 0 spiro atoms. The molecule has 0 radical (unpaired) electrons. The average molecular weight is 420 g/mol. The molecule has 0 atom stereocenters. The van der Waals surface area contributed by atoms with E-state index in [1.165, 1.54) is 18.4 Å². The van der Waals surface area contributed by atoms with E-state index in [1.807, 2.05) is 6.07 Å². The molecule has 2 aromatic carbocycles. The molecule has 4 aromatic rings. The maximum atomic E-state index is 13.3. The molecule has 0 aliphatic rings. The number of furan rings is 1. The van der Waals surface area contributed by atoms with E-state index in [4.69, 9.17) is 4.42 Å². The fourth-order valence-corrected chi connectivity index (χ4v) is 2.98. The molecule has 0 saturated carbocycles. The van der Waals surface area contributed by atoms with E-state index in [-0.39, 0.29) is 18.8 Å². The molecule has 8 nitrogen and oxygen atoms in total. The molecule has 1 N–H and O–H groups in total. The second-order valence-corrected chi connectivity index (χ2v) is 6.66. The van der Waals surface area contributed by atoms with Gasteiger partial charge in [-0.3, -0.25) is 14.2 Å². The summed E-state index contributed by atoms with van der Waals surface area (Å²) in [4.78, 5) is 38.7. The third-order valence-corrected chi connectivity index (χ3v) is 4.53. The molecule has 0 aliphatic heterocycles. The Balaban J connectivity index is 1.79. The maximum absolute atomic E-state index is 13.3. The van der Waals surface area contributed by atoms with Crippen molar-refractivity contribution in [1.29, 1.82) is 0 Å². The van der Waals surface area contributed by atoms with Crippen molar-refractivity contribution in [2.24, 2.45) is 0 Å². The molecule has 156 valence electrons. The highest BCUT2D eigenvalue weighted by Gasteiger charge is 2.20. The summed E-state index contributed by atoms with van der Waals surface area (Å²) >= 11 is 0. The van der Waals surface area contributed by atoms with Crippen molar-refractivity contribution in [3.8, 4) is 5.69 Å². The molecule has 1 amide bonds. The number of halogens is 1. The van der Waals surface area contributed by atoms with Crippen LogP contribution < -0.4 is 16.6 Å². The maximum Gasteiger partial charge on any atom is 0.352 e. The van der Waals surface area contributed by atoms with Gasteiger partial charge in [0.2, 0.25) is 5.69 Å². The zero-order valence-corrected chi connectivity index (χ0v) is 16.2. The lowest BCUT2D eigenvalue weighted by Gasteiger charge is -2.12. The summed E-state index contributed by atoms with van der Waals surface area (Å²) in [6.45, 7) is -0.0119. The van der Waals surface area contributed by atoms with Crippen LogP contribution in [0, 0.1) is 5.82 Å². The van der Waals surface area contributed by atoms with Crippen LogP contribution in [0.15, 0.2) is 87.0 Å². The number of benzene rings is 2. The number of hydrogen-bond acceptors (Lipinski definition) is 5. The number of carbonyl (C=O) groups is 1. The Morgan fingerprint density at radius 1 is 1.00 bits per heavy atom. The predicted molar refractivity (Wildman–Crippen MR) is 109 cm³/mol. The molecule has 0 bridgehead atoms. The van der Waals surface area contributed by atoms with Gasteiger partial charge in [-0.05, 0) is 42.0 Å². The Morgan fingerprint density at radius 2 is 1.74 bits per heavy atom. The molecule has 0 unspecified atom stereocenters. The normalized spacial score (nSPS) is 10.7. The molecule has 4 rings (SSSR count). The number of hydrogen-bond donors (Lipinski definition) is 1. The van der Waals surface area contributed by atoms with Gasteiger partial charge in [0.25, 0.3) is 11.5 Å². The summed E-state index contributed by atoms with van der Waals surface area (Å²) in [5.74, 6) is -0.769. The van der Waals surface area contributed by atoms with Gasteiger partial charge < -0.3 is 9.73 Å². The summed E-state index contributed by atoms with van der Waals surface area (Å²) in [5.41, 5.74) is -1.13. The highest BCUT2D eigenvalue weighted by Crippen LogP contribution is 2.06. The fourth-order valence-electron chi connectivity index (χ4n) is 2.98. The number of nitrogens with zero attached hydrogens (tertiary/aromatic N) is 3. The van der Waals surface area contributed by atoms with Crippen LogP contribution in [0.2, 0.25) is 0 Å². The van der Waals surface area contributed by atoms with Crippen molar-refractivity contribution in [2.45, 2.75) is 13.1 Å². The SMILES string of the molecule is O=C(NCc1ccco1)c1nn(-c2ccc(F)cc2)c(=O)n(Cc2ccccc2)c1=O. The first kappa shape index (κ1) is 20.0. The smallest absolute Gasteiger partial charge is 0.352 e. The number of aromatic nitrogens is 3. The van der Waals surface area contributed by atoms with E-state index in [9.17, 15) is 18.8 Å². The minimum atomic E-state index is -0.829. The summed E-state index contributed by atoms with van der Waals surface area (Å²) in [5, 5.41) is 6.54. The van der Waals surface area contributed by atoms with Crippen LogP contribution in [0.4, 0.5) is 4.39 Å². The third kappa shape index (κ3) is 4.35. The zero-order chi connectivity index (χ0) is 21.8. The minimum Gasteiger partial charge on any atom is -0.467 e. The predicted octanol–water partition coefficient (Wildman–Crippen LogP) is 2.10. The van der Waals surface area contributed by atoms with Gasteiger partial charge in [0, 0.05) is 0 Å². The molecular formula is C22H17FN4O4. The number of rotatable bonds is 6. The van der Waals surface area contributed by atoms with Gasteiger partial charge in [0.1, 0.15) is 11.6 Å². The van der Waals surface area contributed by atoms with Crippen molar-refractivity contribution in [3.05, 3.63) is 117 Å². The third-order valence-electron chi connectivity index (χ3n) is 4.53. The second kappa shape index (κ2) is 8.62. The number of carbonyl (C=O) groups excluding carboxylic acids is 1. The molecule has 9 heteroatoms. The van der Waals surface area contributed by atoms with Gasteiger partial charge >= 0.3 is 5.69 Å². The Kier molecular flexibility index (Phi) is 5.57.